The summed E-state index contributed by atoms with van der Waals surface area (Å²) in [5.41, 5.74) is 2.99. The molecule has 0 amide bonds. The highest BCUT2D eigenvalue weighted by molar-refractivity contribution is 5.41. The number of hydrogen-bond acceptors (Lipinski definition) is 1. The van der Waals surface area contributed by atoms with Crippen LogP contribution in [0.2, 0.25) is 0 Å². The molecule has 1 saturated carbocycles. The van der Waals surface area contributed by atoms with E-state index in [1.807, 2.05) is 0 Å². The zero-order chi connectivity index (χ0) is 24.9. The van der Waals surface area contributed by atoms with Crippen molar-refractivity contribution in [2.45, 2.75) is 103 Å². The summed E-state index contributed by atoms with van der Waals surface area (Å²) in [6.45, 7) is 4.75. The van der Waals surface area contributed by atoms with E-state index in [2.05, 4.69) is 50.0 Å². The van der Waals surface area contributed by atoms with Gasteiger partial charge in [-0.2, -0.15) is 4.39 Å². The minimum absolute atomic E-state index is 0.0211. The van der Waals surface area contributed by atoms with E-state index in [1.54, 1.807) is 0 Å². The van der Waals surface area contributed by atoms with Crippen molar-refractivity contribution >= 4 is 0 Å². The SMILES string of the molecule is CCCCCCCc1ccc(C2CCC(C#Cc3ccc(OCCCCC)c(F)c3F)CC2)cc1. The quantitative estimate of drug-likeness (QED) is 0.217. The van der Waals surface area contributed by atoms with Gasteiger partial charge in [-0.1, -0.05) is 88.5 Å². The lowest BCUT2D eigenvalue weighted by atomic mass is 9.78. The van der Waals surface area contributed by atoms with Gasteiger partial charge < -0.3 is 4.74 Å². The molecule has 2 aromatic carbocycles. The van der Waals surface area contributed by atoms with Gasteiger partial charge in [-0.25, -0.2) is 4.39 Å². The second kappa shape index (κ2) is 14.9. The second-order valence-electron chi connectivity index (χ2n) is 10.0. The van der Waals surface area contributed by atoms with Crippen molar-refractivity contribution < 1.29 is 13.5 Å². The first kappa shape index (κ1) is 27.3. The van der Waals surface area contributed by atoms with Gasteiger partial charge in [-0.05, 0) is 74.1 Å². The summed E-state index contributed by atoms with van der Waals surface area (Å²) in [7, 11) is 0. The van der Waals surface area contributed by atoms with Crippen LogP contribution < -0.4 is 4.74 Å². The molecule has 2 aromatic rings. The number of benzene rings is 2. The normalized spacial score (nSPS) is 17.6. The van der Waals surface area contributed by atoms with Crippen LogP contribution in [-0.2, 0) is 6.42 Å². The zero-order valence-electron chi connectivity index (χ0n) is 21.7. The monoisotopic (exact) mass is 480 g/mol. The lowest BCUT2D eigenvalue weighted by molar-refractivity contribution is 0.286. The first-order valence-electron chi connectivity index (χ1n) is 13.8. The molecule has 1 aliphatic rings. The number of rotatable bonds is 12. The van der Waals surface area contributed by atoms with Gasteiger partial charge in [0.05, 0.1) is 12.2 Å². The van der Waals surface area contributed by atoms with Crippen LogP contribution in [0.3, 0.4) is 0 Å². The Balaban J connectivity index is 1.47. The maximum atomic E-state index is 14.5. The molecule has 0 aliphatic heterocycles. The van der Waals surface area contributed by atoms with E-state index in [-0.39, 0.29) is 17.2 Å². The minimum Gasteiger partial charge on any atom is -0.490 e. The summed E-state index contributed by atoms with van der Waals surface area (Å²) in [4.78, 5) is 0. The topological polar surface area (TPSA) is 9.23 Å². The molecule has 1 aliphatic carbocycles. The van der Waals surface area contributed by atoms with E-state index in [1.165, 1.54) is 61.8 Å². The molecule has 3 rings (SSSR count). The fraction of sp³-hybridized carbons (Fsp3) is 0.562. The predicted molar refractivity (Wildman–Crippen MR) is 142 cm³/mol. The van der Waals surface area contributed by atoms with E-state index in [4.69, 9.17) is 4.74 Å². The fourth-order valence-corrected chi connectivity index (χ4v) is 4.91. The van der Waals surface area contributed by atoms with Crippen molar-refractivity contribution in [2.75, 3.05) is 6.61 Å². The van der Waals surface area contributed by atoms with Gasteiger partial charge >= 0.3 is 0 Å². The summed E-state index contributed by atoms with van der Waals surface area (Å²) < 4.78 is 34.2. The van der Waals surface area contributed by atoms with Crippen molar-refractivity contribution in [1.82, 2.24) is 0 Å². The highest BCUT2D eigenvalue weighted by Gasteiger charge is 2.21. The Kier molecular flexibility index (Phi) is 11.6. The number of aryl methyl sites for hydroxylation is 1. The molecule has 0 heterocycles. The van der Waals surface area contributed by atoms with Crippen molar-refractivity contribution in [2.24, 2.45) is 5.92 Å². The summed E-state index contributed by atoms with van der Waals surface area (Å²) in [5.74, 6) is 5.07. The van der Waals surface area contributed by atoms with Gasteiger partial charge in [0.25, 0.3) is 0 Å². The average molecular weight is 481 g/mol. The van der Waals surface area contributed by atoms with Crippen LogP contribution in [0.1, 0.15) is 114 Å². The first-order valence-corrected chi connectivity index (χ1v) is 13.8. The second-order valence-corrected chi connectivity index (χ2v) is 10.0. The molecular formula is C32H42F2O. The van der Waals surface area contributed by atoms with Crippen LogP contribution >= 0.6 is 0 Å². The largest absolute Gasteiger partial charge is 0.490 e. The molecule has 0 bridgehead atoms. The van der Waals surface area contributed by atoms with E-state index in [9.17, 15) is 8.78 Å². The summed E-state index contributed by atoms with van der Waals surface area (Å²) in [6, 6.07) is 12.3. The van der Waals surface area contributed by atoms with Crippen LogP contribution in [0.25, 0.3) is 0 Å². The molecule has 1 fully saturated rings. The van der Waals surface area contributed by atoms with Crippen molar-refractivity contribution in [3.8, 4) is 17.6 Å². The molecule has 1 nitrogen and oxygen atoms in total. The molecule has 0 aromatic heterocycles. The van der Waals surface area contributed by atoms with E-state index >= 15 is 0 Å². The lowest BCUT2D eigenvalue weighted by Crippen LogP contribution is -2.12. The molecule has 0 atom stereocenters. The molecule has 0 spiro atoms. The molecule has 3 heteroatoms. The van der Waals surface area contributed by atoms with Gasteiger partial charge in [0.1, 0.15) is 0 Å². The van der Waals surface area contributed by atoms with Crippen LogP contribution in [0.15, 0.2) is 36.4 Å². The van der Waals surface area contributed by atoms with E-state index in [0.29, 0.717) is 12.5 Å². The fourth-order valence-electron chi connectivity index (χ4n) is 4.91. The Hall–Kier alpha value is -2.34. The van der Waals surface area contributed by atoms with Crippen LogP contribution in [0.5, 0.6) is 5.75 Å². The van der Waals surface area contributed by atoms with Crippen LogP contribution in [0, 0.1) is 29.4 Å². The van der Waals surface area contributed by atoms with E-state index < -0.39 is 11.6 Å². The van der Waals surface area contributed by atoms with Crippen LogP contribution in [-0.4, -0.2) is 6.61 Å². The predicted octanol–water partition coefficient (Wildman–Crippen LogP) is 9.37. The number of hydrogen-bond donors (Lipinski definition) is 0. The van der Waals surface area contributed by atoms with Gasteiger partial charge in [-0.3, -0.25) is 0 Å². The standard InChI is InChI=1S/C32H42F2O/c1-3-5-7-8-9-11-25-12-17-27(18-13-25)28-19-14-26(15-20-28)16-21-29-22-23-30(32(34)31(29)33)35-24-10-6-4-2/h12-13,17-18,22-23,26,28H,3-11,14-15,19-20,24H2,1-2H3. The maximum Gasteiger partial charge on any atom is 0.201 e. The van der Waals surface area contributed by atoms with Crippen molar-refractivity contribution in [3.05, 3.63) is 64.7 Å². The Labute approximate surface area is 211 Å². The van der Waals surface area contributed by atoms with Gasteiger partial charge in [0.15, 0.2) is 11.6 Å². The lowest BCUT2D eigenvalue weighted by Gasteiger charge is -2.26. The summed E-state index contributed by atoms with van der Waals surface area (Å²) in [6.07, 6.45) is 14.9. The summed E-state index contributed by atoms with van der Waals surface area (Å²) in [5, 5.41) is 0. The van der Waals surface area contributed by atoms with Crippen LogP contribution in [0.4, 0.5) is 8.78 Å². The smallest absolute Gasteiger partial charge is 0.201 e. The Morgan fingerprint density at radius 3 is 2.17 bits per heavy atom. The first-order chi connectivity index (χ1) is 17.1. The number of unbranched alkanes of at least 4 members (excludes halogenated alkanes) is 6. The van der Waals surface area contributed by atoms with Crippen molar-refractivity contribution in [1.29, 1.82) is 0 Å². The Bertz CT molecular complexity index is 946. The Morgan fingerprint density at radius 2 is 1.46 bits per heavy atom. The third kappa shape index (κ3) is 8.68. The minimum atomic E-state index is -0.929. The molecular weight excluding hydrogens is 438 g/mol. The zero-order valence-corrected chi connectivity index (χ0v) is 21.7. The number of halogens is 2. The van der Waals surface area contributed by atoms with Gasteiger partial charge in [0.2, 0.25) is 5.82 Å². The maximum absolute atomic E-state index is 14.5. The average Bonchev–Trinajstić information content (AvgIpc) is 2.89. The van der Waals surface area contributed by atoms with E-state index in [0.717, 1.165) is 44.9 Å². The van der Waals surface area contributed by atoms with Gasteiger partial charge in [-0.15, -0.1) is 0 Å². The number of ether oxygens (including phenoxy) is 1. The highest BCUT2D eigenvalue weighted by Crippen LogP contribution is 2.36. The molecule has 0 unspecified atom stereocenters. The molecule has 0 N–H and O–H groups in total. The molecule has 0 radical (unpaired) electrons. The van der Waals surface area contributed by atoms with Gasteiger partial charge in [0, 0.05) is 5.92 Å². The molecule has 35 heavy (non-hydrogen) atoms. The highest BCUT2D eigenvalue weighted by atomic mass is 19.2. The molecule has 190 valence electrons. The summed E-state index contributed by atoms with van der Waals surface area (Å²) >= 11 is 0. The third-order valence-corrected chi connectivity index (χ3v) is 7.21. The third-order valence-electron chi connectivity index (χ3n) is 7.21. The molecule has 0 saturated heterocycles. The Morgan fingerprint density at radius 1 is 0.771 bits per heavy atom. The van der Waals surface area contributed by atoms with Crippen molar-refractivity contribution in [3.63, 3.8) is 0 Å².